The maximum Gasteiger partial charge on any atom is 0.105 e. The van der Waals surface area contributed by atoms with Gasteiger partial charge >= 0.3 is 0 Å². The highest BCUT2D eigenvalue weighted by atomic mass is 16.3. The first-order valence-electron chi connectivity index (χ1n) is 4.69. The summed E-state index contributed by atoms with van der Waals surface area (Å²) in [5.41, 5.74) is 1.42. The Hall–Kier alpha value is -0.760. The van der Waals surface area contributed by atoms with E-state index in [0.29, 0.717) is 0 Å². The highest BCUT2D eigenvalue weighted by Crippen LogP contribution is 2.14. The normalized spacial score (nSPS) is 12.1. The smallest absolute Gasteiger partial charge is 0.105 e. The average molecular weight is 181 g/mol. The molecule has 0 aliphatic heterocycles. The summed E-state index contributed by atoms with van der Waals surface area (Å²) < 4.78 is 5.44. The standard InChI is InChI=1S/C11H19NO/c1-8-6-10(9(2)13-8)7-12-11(3,4)5/h6,12H,7H2,1-5H3. The molecule has 2 heteroatoms. The zero-order valence-electron chi connectivity index (χ0n) is 9.19. The van der Waals surface area contributed by atoms with Gasteiger partial charge in [0.25, 0.3) is 0 Å². The first kappa shape index (κ1) is 10.3. The van der Waals surface area contributed by atoms with Crippen LogP contribution in [0.3, 0.4) is 0 Å². The molecule has 74 valence electrons. The summed E-state index contributed by atoms with van der Waals surface area (Å²) in [7, 11) is 0. The number of hydrogen-bond donors (Lipinski definition) is 1. The molecule has 0 atom stereocenters. The SMILES string of the molecule is Cc1cc(CNC(C)(C)C)c(C)o1. The van der Waals surface area contributed by atoms with Crippen molar-refractivity contribution in [3.05, 3.63) is 23.2 Å². The Morgan fingerprint density at radius 2 is 1.92 bits per heavy atom. The van der Waals surface area contributed by atoms with Gasteiger partial charge in [0.05, 0.1) is 0 Å². The molecule has 2 nitrogen and oxygen atoms in total. The van der Waals surface area contributed by atoms with Crippen molar-refractivity contribution in [2.24, 2.45) is 0 Å². The summed E-state index contributed by atoms with van der Waals surface area (Å²) in [5.74, 6) is 2.01. The van der Waals surface area contributed by atoms with Crippen molar-refractivity contribution >= 4 is 0 Å². The van der Waals surface area contributed by atoms with Crippen molar-refractivity contribution in [2.75, 3.05) is 0 Å². The molecule has 0 saturated carbocycles. The predicted molar refractivity (Wildman–Crippen MR) is 54.8 cm³/mol. The minimum Gasteiger partial charge on any atom is -0.466 e. The molecule has 1 aromatic rings. The zero-order chi connectivity index (χ0) is 10.1. The van der Waals surface area contributed by atoms with Gasteiger partial charge in [-0.25, -0.2) is 0 Å². The predicted octanol–water partition coefficient (Wildman–Crippen LogP) is 2.78. The van der Waals surface area contributed by atoms with E-state index in [1.165, 1.54) is 5.56 Å². The van der Waals surface area contributed by atoms with Gasteiger partial charge in [0.15, 0.2) is 0 Å². The summed E-state index contributed by atoms with van der Waals surface area (Å²) in [6.45, 7) is 11.4. The van der Waals surface area contributed by atoms with Crippen LogP contribution in [0.5, 0.6) is 0 Å². The van der Waals surface area contributed by atoms with E-state index >= 15 is 0 Å². The van der Waals surface area contributed by atoms with E-state index in [2.05, 4.69) is 32.2 Å². The molecule has 0 aromatic carbocycles. The van der Waals surface area contributed by atoms with Gasteiger partial charge in [0, 0.05) is 17.6 Å². The summed E-state index contributed by atoms with van der Waals surface area (Å²) in [6, 6.07) is 2.09. The maximum atomic E-state index is 5.44. The molecule has 0 aliphatic rings. The van der Waals surface area contributed by atoms with Gasteiger partial charge < -0.3 is 9.73 Å². The molecule has 1 heterocycles. The van der Waals surface area contributed by atoms with E-state index in [9.17, 15) is 0 Å². The van der Waals surface area contributed by atoms with Crippen LogP contribution in [0.2, 0.25) is 0 Å². The molecule has 1 N–H and O–H groups in total. The minimum absolute atomic E-state index is 0.164. The van der Waals surface area contributed by atoms with Gasteiger partial charge in [-0.3, -0.25) is 0 Å². The van der Waals surface area contributed by atoms with E-state index < -0.39 is 0 Å². The van der Waals surface area contributed by atoms with Crippen LogP contribution in [0.1, 0.15) is 37.9 Å². The Morgan fingerprint density at radius 1 is 1.31 bits per heavy atom. The number of aryl methyl sites for hydroxylation is 2. The van der Waals surface area contributed by atoms with Gasteiger partial charge in [-0.2, -0.15) is 0 Å². The van der Waals surface area contributed by atoms with Crippen LogP contribution in [-0.4, -0.2) is 5.54 Å². The topological polar surface area (TPSA) is 25.2 Å². The Bertz CT molecular complexity index is 281. The third kappa shape index (κ3) is 3.23. The summed E-state index contributed by atoms with van der Waals surface area (Å²) >= 11 is 0. The molecule has 1 rings (SSSR count). The molecule has 0 aliphatic carbocycles. The van der Waals surface area contributed by atoms with Crippen LogP contribution in [0.4, 0.5) is 0 Å². The van der Waals surface area contributed by atoms with Gasteiger partial charge in [-0.05, 0) is 40.7 Å². The monoisotopic (exact) mass is 181 g/mol. The lowest BCUT2D eigenvalue weighted by molar-refractivity contribution is 0.420. The zero-order valence-corrected chi connectivity index (χ0v) is 9.19. The summed E-state index contributed by atoms with van der Waals surface area (Å²) in [5, 5.41) is 3.43. The van der Waals surface area contributed by atoms with Gasteiger partial charge in [-0.15, -0.1) is 0 Å². The second-order valence-corrected chi connectivity index (χ2v) is 4.54. The molecule has 0 bridgehead atoms. The van der Waals surface area contributed by atoms with Crippen molar-refractivity contribution in [1.82, 2.24) is 5.32 Å². The molecule has 13 heavy (non-hydrogen) atoms. The van der Waals surface area contributed by atoms with E-state index in [1.54, 1.807) is 0 Å². The minimum atomic E-state index is 0.164. The highest BCUT2D eigenvalue weighted by molar-refractivity contribution is 5.19. The number of rotatable bonds is 2. The van der Waals surface area contributed by atoms with E-state index in [1.807, 2.05) is 13.8 Å². The molecule has 0 unspecified atom stereocenters. The fourth-order valence-electron chi connectivity index (χ4n) is 1.22. The molecular weight excluding hydrogens is 162 g/mol. The second kappa shape index (κ2) is 3.54. The molecule has 0 saturated heterocycles. The van der Waals surface area contributed by atoms with Crippen LogP contribution >= 0.6 is 0 Å². The Labute approximate surface area is 80.3 Å². The maximum absolute atomic E-state index is 5.44. The van der Waals surface area contributed by atoms with Crippen LogP contribution in [-0.2, 0) is 6.54 Å². The lowest BCUT2D eigenvalue weighted by atomic mass is 10.1. The average Bonchev–Trinajstić information content (AvgIpc) is 2.24. The summed E-state index contributed by atoms with van der Waals surface area (Å²) in [6.07, 6.45) is 0. The van der Waals surface area contributed by atoms with Crippen molar-refractivity contribution in [3.63, 3.8) is 0 Å². The van der Waals surface area contributed by atoms with Crippen molar-refractivity contribution in [3.8, 4) is 0 Å². The lowest BCUT2D eigenvalue weighted by Crippen LogP contribution is -2.35. The van der Waals surface area contributed by atoms with Crippen LogP contribution in [0, 0.1) is 13.8 Å². The molecule has 1 aromatic heterocycles. The Balaban J connectivity index is 2.59. The largest absolute Gasteiger partial charge is 0.466 e. The number of furan rings is 1. The van der Waals surface area contributed by atoms with Gasteiger partial charge in [0.2, 0.25) is 0 Å². The van der Waals surface area contributed by atoms with Crippen LogP contribution < -0.4 is 5.32 Å². The molecule has 0 fully saturated rings. The van der Waals surface area contributed by atoms with Crippen molar-refractivity contribution in [2.45, 2.75) is 46.7 Å². The van der Waals surface area contributed by atoms with Crippen molar-refractivity contribution < 1.29 is 4.42 Å². The highest BCUT2D eigenvalue weighted by Gasteiger charge is 2.10. The fraction of sp³-hybridized carbons (Fsp3) is 0.636. The molecular formula is C11H19NO. The Kier molecular flexibility index (Phi) is 2.81. The summed E-state index contributed by atoms with van der Waals surface area (Å²) in [4.78, 5) is 0. The van der Waals surface area contributed by atoms with Crippen LogP contribution in [0.15, 0.2) is 10.5 Å². The van der Waals surface area contributed by atoms with E-state index in [-0.39, 0.29) is 5.54 Å². The van der Waals surface area contributed by atoms with Gasteiger partial charge in [0.1, 0.15) is 11.5 Å². The Morgan fingerprint density at radius 3 is 2.31 bits per heavy atom. The quantitative estimate of drug-likeness (QED) is 0.759. The van der Waals surface area contributed by atoms with E-state index in [0.717, 1.165) is 18.1 Å². The number of nitrogens with one attached hydrogen (secondary N) is 1. The van der Waals surface area contributed by atoms with E-state index in [4.69, 9.17) is 4.42 Å². The molecule has 0 radical (unpaired) electrons. The lowest BCUT2D eigenvalue weighted by Gasteiger charge is -2.20. The van der Waals surface area contributed by atoms with Crippen molar-refractivity contribution in [1.29, 1.82) is 0 Å². The third-order valence-electron chi connectivity index (χ3n) is 1.95. The second-order valence-electron chi connectivity index (χ2n) is 4.54. The first-order valence-corrected chi connectivity index (χ1v) is 4.69. The third-order valence-corrected chi connectivity index (χ3v) is 1.95. The molecule has 0 amide bonds. The number of hydrogen-bond acceptors (Lipinski definition) is 2. The first-order chi connectivity index (χ1) is 5.88. The van der Waals surface area contributed by atoms with Crippen LogP contribution in [0.25, 0.3) is 0 Å². The molecule has 0 spiro atoms. The van der Waals surface area contributed by atoms with Gasteiger partial charge in [-0.1, -0.05) is 0 Å². The fourth-order valence-corrected chi connectivity index (χ4v) is 1.22.